The number of piperidine rings is 1. The standard InChI is InChI=1S/C17H24N4OS/c1-13-2-4-20(5-3-13)15-6-17(23-9-15)10-21(11-17)16(22)14-7-18-12-19-8-14/h7-8,12-13,15H,2-6,9-11H2,1H3. The zero-order chi connectivity index (χ0) is 15.9. The summed E-state index contributed by atoms with van der Waals surface area (Å²) < 4.78 is 0.305. The molecular formula is C17H24N4OS. The van der Waals surface area contributed by atoms with E-state index < -0.39 is 0 Å². The van der Waals surface area contributed by atoms with Crippen molar-refractivity contribution in [1.29, 1.82) is 0 Å². The smallest absolute Gasteiger partial charge is 0.257 e. The van der Waals surface area contributed by atoms with Crippen molar-refractivity contribution in [3.05, 3.63) is 24.3 Å². The number of carbonyl (C=O) groups excluding carboxylic acids is 1. The van der Waals surface area contributed by atoms with Crippen LogP contribution in [0.4, 0.5) is 0 Å². The lowest BCUT2D eigenvalue weighted by atomic mass is 9.89. The molecule has 5 nitrogen and oxygen atoms in total. The molecule has 23 heavy (non-hydrogen) atoms. The number of rotatable bonds is 2. The number of amides is 1. The molecule has 4 rings (SSSR count). The molecule has 1 unspecified atom stereocenters. The predicted molar refractivity (Wildman–Crippen MR) is 91.5 cm³/mol. The first-order valence-electron chi connectivity index (χ1n) is 8.57. The molecule has 3 saturated heterocycles. The van der Waals surface area contributed by atoms with Gasteiger partial charge >= 0.3 is 0 Å². The second kappa shape index (κ2) is 6.06. The van der Waals surface area contributed by atoms with E-state index in [0.29, 0.717) is 16.4 Å². The number of hydrogen-bond donors (Lipinski definition) is 0. The van der Waals surface area contributed by atoms with Gasteiger partial charge in [0.25, 0.3) is 5.91 Å². The molecule has 1 aromatic rings. The molecule has 1 spiro atoms. The highest BCUT2D eigenvalue weighted by Crippen LogP contribution is 2.47. The van der Waals surface area contributed by atoms with Crippen LogP contribution in [-0.2, 0) is 0 Å². The molecule has 124 valence electrons. The summed E-state index contributed by atoms with van der Waals surface area (Å²) >= 11 is 2.08. The quantitative estimate of drug-likeness (QED) is 0.828. The van der Waals surface area contributed by atoms with E-state index in [-0.39, 0.29) is 5.91 Å². The maximum absolute atomic E-state index is 12.4. The van der Waals surface area contributed by atoms with Gasteiger partial charge in [0.2, 0.25) is 0 Å². The number of aromatic nitrogens is 2. The van der Waals surface area contributed by atoms with Crippen molar-refractivity contribution in [1.82, 2.24) is 19.8 Å². The zero-order valence-corrected chi connectivity index (χ0v) is 14.5. The maximum Gasteiger partial charge on any atom is 0.257 e. The van der Waals surface area contributed by atoms with Crippen LogP contribution < -0.4 is 0 Å². The Labute approximate surface area is 141 Å². The van der Waals surface area contributed by atoms with E-state index >= 15 is 0 Å². The Balaban J connectivity index is 1.32. The van der Waals surface area contributed by atoms with Crippen LogP contribution in [0.1, 0.15) is 36.5 Å². The Bertz CT molecular complexity index is 567. The highest BCUT2D eigenvalue weighted by molar-refractivity contribution is 8.01. The first kappa shape index (κ1) is 15.4. The van der Waals surface area contributed by atoms with Crippen LogP contribution in [0, 0.1) is 5.92 Å². The van der Waals surface area contributed by atoms with Crippen molar-refractivity contribution in [3.8, 4) is 0 Å². The fourth-order valence-corrected chi connectivity index (χ4v) is 5.73. The van der Waals surface area contributed by atoms with Crippen LogP contribution in [0.15, 0.2) is 18.7 Å². The maximum atomic E-state index is 12.4. The monoisotopic (exact) mass is 332 g/mol. The van der Waals surface area contributed by atoms with Crippen LogP contribution >= 0.6 is 11.8 Å². The minimum Gasteiger partial charge on any atom is -0.336 e. The number of thioether (sulfide) groups is 1. The van der Waals surface area contributed by atoms with Gasteiger partial charge in [0.1, 0.15) is 6.33 Å². The SMILES string of the molecule is CC1CCN(C2CSC3(C2)CN(C(=O)c2cncnc2)C3)CC1. The Hall–Kier alpha value is -1.14. The molecule has 0 aliphatic carbocycles. The highest BCUT2D eigenvalue weighted by atomic mass is 32.2. The van der Waals surface area contributed by atoms with Crippen molar-refractivity contribution in [2.75, 3.05) is 31.9 Å². The fraction of sp³-hybridized carbons (Fsp3) is 0.706. The van der Waals surface area contributed by atoms with E-state index in [1.165, 1.54) is 44.4 Å². The average Bonchev–Trinajstić information content (AvgIpc) is 3.00. The first-order chi connectivity index (χ1) is 11.2. The molecule has 4 heterocycles. The highest BCUT2D eigenvalue weighted by Gasteiger charge is 2.51. The van der Waals surface area contributed by atoms with Gasteiger partial charge in [-0.1, -0.05) is 6.92 Å². The Morgan fingerprint density at radius 1 is 1.26 bits per heavy atom. The van der Waals surface area contributed by atoms with Crippen molar-refractivity contribution in [2.24, 2.45) is 5.92 Å². The minimum absolute atomic E-state index is 0.0760. The van der Waals surface area contributed by atoms with E-state index in [9.17, 15) is 4.79 Å². The number of carbonyl (C=O) groups is 1. The number of nitrogens with zero attached hydrogens (tertiary/aromatic N) is 4. The normalized spacial score (nSPS) is 28.0. The van der Waals surface area contributed by atoms with Gasteiger partial charge in [-0.3, -0.25) is 9.69 Å². The van der Waals surface area contributed by atoms with Gasteiger partial charge in [0.05, 0.1) is 10.3 Å². The largest absolute Gasteiger partial charge is 0.336 e. The van der Waals surface area contributed by atoms with E-state index in [1.807, 2.05) is 4.90 Å². The van der Waals surface area contributed by atoms with E-state index in [4.69, 9.17) is 0 Å². The Kier molecular flexibility index (Phi) is 4.05. The van der Waals surface area contributed by atoms with E-state index in [1.54, 1.807) is 12.4 Å². The van der Waals surface area contributed by atoms with Gasteiger partial charge in [-0.25, -0.2) is 9.97 Å². The lowest BCUT2D eigenvalue weighted by Gasteiger charge is -2.48. The second-order valence-electron chi connectivity index (χ2n) is 7.36. The van der Waals surface area contributed by atoms with Crippen molar-refractivity contribution in [2.45, 2.75) is 37.0 Å². The molecule has 0 N–H and O–H groups in total. The van der Waals surface area contributed by atoms with Gasteiger partial charge in [0.15, 0.2) is 0 Å². The Morgan fingerprint density at radius 3 is 2.65 bits per heavy atom. The summed E-state index contributed by atoms with van der Waals surface area (Å²) in [7, 11) is 0. The third kappa shape index (κ3) is 2.98. The molecule has 0 aromatic carbocycles. The molecule has 1 aromatic heterocycles. The number of likely N-dealkylation sites (tertiary alicyclic amines) is 2. The van der Waals surface area contributed by atoms with Gasteiger partial charge in [-0.2, -0.15) is 0 Å². The summed E-state index contributed by atoms with van der Waals surface area (Å²) in [4.78, 5) is 24.9. The molecule has 0 radical (unpaired) electrons. The summed E-state index contributed by atoms with van der Waals surface area (Å²) in [5.74, 6) is 2.19. The fourth-order valence-electron chi connectivity index (χ4n) is 4.05. The van der Waals surface area contributed by atoms with Gasteiger partial charge in [-0.15, -0.1) is 11.8 Å². The summed E-state index contributed by atoms with van der Waals surface area (Å²) in [6, 6.07) is 0.713. The molecule has 3 aliphatic heterocycles. The second-order valence-corrected chi connectivity index (χ2v) is 8.85. The molecule has 0 saturated carbocycles. The molecule has 3 fully saturated rings. The molecule has 1 atom stereocenters. The molecule has 1 amide bonds. The van der Waals surface area contributed by atoms with E-state index in [2.05, 4.69) is 33.6 Å². The van der Waals surface area contributed by atoms with Crippen LogP contribution in [0.5, 0.6) is 0 Å². The van der Waals surface area contributed by atoms with Gasteiger partial charge in [0, 0.05) is 37.3 Å². The minimum atomic E-state index is 0.0760. The van der Waals surface area contributed by atoms with Crippen molar-refractivity contribution in [3.63, 3.8) is 0 Å². The third-order valence-corrected chi connectivity index (χ3v) is 7.17. The first-order valence-corrected chi connectivity index (χ1v) is 9.56. The summed E-state index contributed by atoms with van der Waals surface area (Å²) in [6.07, 6.45) is 8.60. The van der Waals surface area contributed by atoms with Crippen LogP contribution in [0.3, 0.4) is 0 Å². The van der Waals surface area contributed by atoms with Gasteiger partial charge in [-0.05, 0) is 38.3 Å². The summed E-state index contributed by atoms with van der Waals surface area (Å²) in [5.41, 5.74) is 0.604. The average molecular weight is 332 g/mol. The molecular weight excluding hydrogens is 308 g/mol. The third-order valence-electron chi connectivity index (χ3n) is 5.58. The van der Waals surface area contributed by atoms with Crippen LogP contribution in [0.2, 0.25) is 0 Å². The van der Waals surface area contributed by atoms with Crippen molar-refractivity contribution < 1.29 is 4.79 Å². The molecule has 3 aliphatic rings. The Morgan fingerprint density at radius 2 is 1.96 bits per heavy atom. The van der Waals surface area contributed by atoms with E-state index in [0.717, 1.165) is 19.0 Å². The summed E-state index contributed by atoms with van der Waals surface area (Å²) in [5, 5.41) is 0. The lowest BCUT2D eigenvalue weighted by molar-refractivity contribution is 0.0510. The molecule has 0 bridgehead atoms. The van der Waals surface area contributed by atoms with Gasteiger partial charge < -0.3 is 4.90 Å². The van der Waals surface area contributed by atoms with Crippen molar-refractivity contribution >= 4 is 17.7 Å². The molecule has 6 heteroatoms. The number of hydrogen-bond acceptors (Lipinski definition) is 5. The lowest BCUT2D eigenvalue weighted by Crippen LogP contribution is -2.61. The predicted octanol–water partition coefficient (Wildman–Crippen LogP) is 1.91. The summed E-state index contributed by atoms with van der Waals surface area (Å²) in [6.45, 7) is 6.64. The van der Waals surface area contributed by atoms with Crippen LogP contribution in [0.25, 0.3) is 0 Å². The van der Waals surface area contributed by atoms with Crippen LogP contribution in [-0.4, -0.2) is 68.4 Å². The zero-order valence-electron chi connectivity index (χ0n) is 13.6. The topological polar surface area (TPSA) is 49.3 Å².